The second kappa shape index (κ2) is 7.49. The van der Waals surface area contributed by atoms with Gasteiger partial charge in [-0.15, -0.1) is 0 Å². The number of hydrogen-bond donors (Lipinski definition) is 1. The summed E-state index contributed by atoms with van der Waals surface area (Å²) in [6.45, 7) is 0.319. The Kier molecular flexibility index (Phi) is 4.95. The van der Waals surface area contributed by atoms with Crippen LogP contribution in [0.15, 0.2) is 54.6 Å². The zero-order chi connectivity index (χ0) is 17.6. The van der Waals surface area contributed by atoms with Crippen LogP contribution in [0.5, 0.6) is 5.75 Å². The SMILES string of the molecule is N#Cc1ccccc1OCC(=O)N[C@@H]1CCN(c2ccccc2)C1=O. The van der Waals surface area contributed by atoms with E-state index >= 15 is 0 Å². The van der Waals surface area contributed by atoms with Crippen LogP contribution in [0.3, 0.4) is 0 Å². The molecule has 126 valence electrons. The number of carbonyl (C=O) groups is 2. The number of hydrogen-bond acceptors (Lipinski definition) is 4. The predicted molar refractivity (Wildman–Crippen MR) is 92.0 cm³/mol. The second-order valence-corrected chi connectivity index (χ2v) is 5.63. The molecule has 6 heteroatoms. The predicted octanol–water partition coefficient (Wildman–Crippen LogP) is 1.86. The Hall–Kier alpha value is -3.33. The summed E-state index contributed by atoms with van der Waals surface area (Å²) in [5.74, 6) is -0.165. The Bertz CT molecular complexity index is 814. The molecule has 6 nitrogen and oxygen atoms in total. The van der Waals surface area contributed by atoms with E-state index in [1.54, 1.807) is 29.2 Å². The molecule has 0 aromatic heterocycles. The first-order chi connectivity index (χ1) is 12.2. The Labute approximate surface area is 145 Å². The second-order valence-electron chi connectivity index (χ2n) is 5.63. The van der Waals surface area contributed by atoms with Crippen molar-refractivity contribution in [2.45, 2.75) is 12.5 Å². The maximum Gasteiger partial charge on any atom is 0.258 e. The highest BCUT2D eigenvalue weighted by Crippen LogP contribution is 2.21. The number of nitrogens with zero attached hydrogens (tertiary/aromatic N) is 2. The van der Waals surface area contributed by atoms with Gasteiger partial charge in [-0.3, -0.25) is 9.59 Å². The number of ether oxygens (including phenoxy) is 1. The molecule has 1 fully saturated rings. The lowest BCUT2D eigenvalue weighted by Gasteiger charge is -2.17. The van der Waals surface area contributed by atoms with Gasteiger partial charge in [0.1, 0.15) is 17.9 Å². The van der Waals surface area contributed by atoms with Crippen LogP contribution in [0.4, 0.5) is 5.69 Å². The first kappa shape index (κ1) is 16.5. The average molecular weight is 335 g/mol. The first-order valence-electron chi connectivity index (χ1n) is 7.97. The summed E-state index contributed by atoms with van der Waals surface area (Å²) in [5.41, 5.74) is 1.19. The van der Waals surface area contributed by atoms with E-state index in [1.165, 1.54) is 0 Å². The molecule has 2 amide bonds. The standard InChI is InChI=1S/C19H17N3O3/c20-12-14-6-4-5-9-17(14)25-13-18(23)21-16-10-11-22(19(16)24)15-7-2-1-3-8-15/h1-9,16H,10-11,13H2,(H,21,23)/t16-/m1/s1. The number of amides is 2. The molecule has 1 atom stereocenters. The molecule has 1 N–H and O–H groups in total. The van der Waals surface area contributed by atoms with E-state index in [9.17, 15) is 9.59 Å². The van der Waals surface area contributed by atoms with E-state index in [-0.39, 0.29) is 18.4 Å². The third kappa shape index (κ3) is 3.78. The Morgan fingerprint density at radius 2 is 1.92 bits per heavy atom. The molecule has 0 bridgehead atoms. The van der Waals surface area contributed by atoms with Gasteiger partial charge in [0.05, 0.1) is 5.56 Å². The van der Waals surface area contributed by atoms with Crippen molar-refractivity contribution in [3.8, 4) is 11.8 Å². The molecule has 0 saturated carbocycles. The van der Waals surface area contributed by atoms with E-state index in [2.05, 4.69) is 5.32 Å². The summed E-state index contributed by atoms with van der Waals surface area (Å²) in [5, 5.41) is 11.7. The van der Waals surface area contributed by atoms with Crippen LogP contribution < -0.4 is 15.0 Å². The number of nitrogens with one attached hydrogen (secondary N) is 1. The first-order valence-corrected chi connectivity index (χ1v) is 7.97. The largest absolute Gasteiger partial charge is 0.482 e. The van der Waals surface area contributed by atoms with Crippen LogP contribution in [0.1, 0.15) is 12.0 Å². The molecule has 2 aromatic rings. The van der Waals surface area contributed by atoms with Gasteiger partial charge >= 0.3 is 0 Å². The number of benzene rings is 2. The minimum atomic E-state index is -0.553. The Balaban J connectivity index is 1.55. The molecule has 3 rings (SSSR count). The Morgan fingerprint density at radius 3 is 2.68 bits per heavy atom. The topological polar surface area (TPSA) is 82.4 Å². The van der Waals surface area contributed by atoms with E-state index in [0.29, 0.717) is 24.3 Å². The zero-order valence-electron chi connectivity index (χ0n) is 13.5. The molecule has 2 aromatic carbocycles. The molecule has 0 spiro atoms. The van der Waals surface area contributed by atoms with E-state index in [1.807, 2.05) is 36.4 Å². The van der Waals surface area contributed by atoms with Crippen molar-refractivity contribution in [3.05, 3.63) is 60.2 Å². The van der Waals surface area contributed by atoms with Crippen LogP contribution in [0, 0.1) is 11.3 Å². The minimum absolute atomic E-state index is 0.128. The summed E-state index contributed by atoms with van der Waals surface area (Å²) in [7, 11) is 0. The van der Waals surface area contributed by atoms with Crippen molar-refractivity contribution in [2.24, 2.45) is 0 Å². The maximum atomic E-state index is 12.4. The quantitative estimate of drug-likeness (QED) is 0.904. The van der Waals surface area contributed by atoms with E-state index in [4.69, 9.17) is 10.00 Å². The zero-order valence-corrected chi connectivity index (χ0v) is 13.5. The van der Waals surface area contributed by atoms with Crippen LogP contribution in [-0.4, -0.2) is 31.0 Å². The van der Waals surface area contributed by atoms with Gasteiger partial charge in [0, 0.05) is 12.2 Å². The molecule has 0 unspecified atom stereocenters. The lowest BCUT2D eigenvalue weighted by Crippen LogP contribution is -2.43. The molecule has 0 radical (unpaired) electrons. The summed E-state index contributed by atoms with van der Waals surface area (Å²) >= 11 is 0. The van der Waals surface area contributed by atoms with Crippen LogP contribution in [0.2, 0.25) is 0 Å². The molecule has 1 saturated heterocycles. The van der Waals surface area contributed by atoms with E-state index < -0.39 is 6.04 Å². The van der Waals surface area contributed by atoms with Gasteiger partial charge in [-0.2, -0.15) is 5.26 Å². The average Bonchev–Trinajstić information content (AvgIpc) is 3.01. The van der Waals surface area contributed by atoms with Crippen molar-refractivity contribution in [1.82, 2.24) is 5.32 Å². The van der Waals surface area contributed by atoms with Gasteiger partial charge in [0.2, 0.25) is 5.91 Å². The highest BCUT2D eigenvalue weighted by Gasteiger charge is 2.33. The summed E-state index contributed by atoms with van der Waals surface area (Å²) in [6, 6.07) is 17.5. The van der Waals surface area contributed by atoms with Crippen LogP contribution in [-0.2, 0) is 9.59 Å². The highest BCUT2D eigenvalue weighted by molar-refractivity contribution is 6.01. The fourth-order valence-corrected chi connectivity index (χ4v) is 2.74. The molecule has 1 aliphatic heterocycles. The minimum Gasteiger partial charge on any atom is -0.482 e. The van der Waals surface area contributed by atoms with Gasteiger partial charge in [-0.1, -0.05) is 30.3 Å². The number of rotatable bonds is 5. The third-order valence-corrected chi connectivity index (χ3v) is 3.97. The van der Waals surface area contributed by atoms with Crippen LogP contribution >= 0.6 is 0 Å². The number of anilines is 1. The summed E-state index contributed by atoms with van der Waals surface area (Å²) in [4.78, 5) is 26.2. The molecule has 0 aliphatic carbocycles. The van der Waals surface area contributed by atoms with Crippen molar-refractivity contribution in [1.29, 1.82) is 5.26 Å². The van der Waals surface area contributed by atoms with Crippen molar-refractivity contribution in [2.75, 3.05) is 18.1 Å². The Morgan fingerprint density at radius 1 is 1.20 bits per heavy atom. The normalized spacial score (nSPS) is 16.4. The van der Waals surface area contributed by atoms with Gasteiger partial charge < -0.3 is 15.0 Å². The lowest BCUT2D eigenvalue weighted by atomic mass is 10.2. The lowest BCUT2D eigenvalue weighted by molar-refractivity contribution is -0.127. The summed E-state index contributed by atoms with van der Waals surface area (Å²) in [6.07, 6.45) is 0.550. The maximum absolute atomic E-state index is 12.4. The summed E-state index contributed by atoms with van der Waals surface area (Å²) < 4.78 is 5.39. The molecule has 1 aliphatic rings. The van der Waals surface area contributed by atoms with Crippen LogP contribution in [0.25, 0.3) is 0 Å². The third-order valence-electron chi connectivity index (χ3n) is 3.97. The molecule has 1 heterocycles. The van der Waals surface area contributed by atoms with Gasteiger partial charge in [0.25, 0.3) is 5.91 Å². The fraction of sp³-hybridized carbons (Fsp3) is 0.211. The number of para-hydroxylation sites is 2. The molecular weight excluding hydrogens is 318 g/mol. The fourth-order valence-electron chi connectivity index (χ4n) is 2.74. The van der Waals surface area contributed by atoms with Crippen molar-refractivity contribution < 1.29 is 14.3 Å². The number of carbonyl (C=O) groups excluding carboxylic acids is 2. The van der Waals surface area contributed by atoms with E-state index in [0.717, 1.165) is 5.69 Å². The highest BCUT2D eigenvalue weighted by atomic mass is 16.5. The smallest absolute Gasteiger partial charge is 0.258 e. The number of nitriles is 1. The van der Waals surface area contributed by atoms with Gasteiger partial charge in [-0.05, 0) is 30.7 Å². The van der Waals surface area contributed by atoms with Gasteiger partial charge in [-0.25, -0.2) is 0 Å². The molecular formula is C19H17N3O3. The van der Waals surface area contributed by atoms with Crippen molar-refractivity contribution in [3.63, 3.8) is 0 Å². The van der Waals surface area contributed by atoms with Crippen molar-refractivity contribution >= 4 is 17.5 Å². The molecule has 25 heavy (non-hydrogen) atoms. The van der Waals surface area contributed by atoms with Gasteiger partial charge in [0.15, 0.2) is 6.61 Å². The monoisotopic (exact) mass is 335 g/mol.